The summed E-state index contributed by atoms with van der Waals surface area (Å²) in [4.78, 5) is 23.3. The minimum atomic E-state index is -5.14. The van der Waals surface area contributed by atoms with E-state index in [1.54, 1.807) is 6.92 Å². The maximum atomic E-state index is 13.5. The van der Waals surface area contributed by atoms with E-state index in [0.717, 1.165) is 26.4 Å². The molecule has 1 aliphatic rings. The molecule has 10 heteroatoms. The van der Waals surface area contributed by atoms with Crippen molar-refractivity contribution in [3.05, 3.63) is 41.0 Å². The summed E-state index contributed by atoms with van der Waals surface area (Å²) in [6.07, 6.45) is -5.14. The molecule has 142 valence electrons. The Morgan fingerprint density at radius 2 is 1.58 bits per heavy atom. The number of carbonyl (C=O) groups excluding carboxylic acids is 2. The average Bonchev–Trinajstić information content (AvgIpc) is 2.52. The van der Waals surface area contributed by atoms with Crippen molar-refractivity contribution in [2.75, 3.05) is 14.2 Å². The fourth-order valence-electron chi connectivity index (χ4n) is 2.78. The van der Waals surface area contributed by atoms with Gasteiger partial charge in [-0.2, -0.15) is 13.2 Å². The third-order valence-corrected chi connectivity index (χ3v) is 6.14. The van der Waals surface area contributed by atoms with Crippen LogP contribution in [-0.2, 0) is 28.9 Å². The number of halogens is 3. The molecule has 0 saturated carbocycles. The van der Waals surface area contributed by atoms with Crippen molar-refractivity contribution in [3.8, 4) is 0 Å². The maximum absolute atomic E-state index is 13.5. The van der Waals surface area contributed by atoms with Crippen molar-refractivity contribution in [1.82, 2.24) is 0 Å². The van der Waals surface area contributed by atoms with E-state index in [0.29, 0.717) is 5.56 Å². The molecule has 0 heterocycles. The number of aryl methyl sites for hydroxylation is 1. The van der Waals surface area contributed by atoms with Crippen molar-refractivity contribution < 1.29 is 40.7 Å². The monoisotopic (exact) mass is 392 g/mol. The Labute approximate surface area is 147 Å². The second-order valence-corrected chi connectivity index (χ2v) is 7.67. The van der Waals surface area contributed by atoms with Crippen LogP contribution in [0.3, 0.4) is 0 Å². The number of alkyl halides is 3. The fraction of sp³-hybridized carbons (Fsp3) is 0.375. The molecule has 0 aliphatic heterocycles. The summed E-state index contributed by atoms with van der Waals surface area (Å²) < 4.78 is 74.6. The molecule has 0 radical (unpaired) electrons. The number of benzene rings is 1. The Balaban J connectivity index is 2.70. The molecule has 1 aromatic carbocycles. The zero-order valence-electron chi connectivity index (χ0n) is 14.0. The predicted molar refractivity (Wildman–Crippen MR) is 82.8 cm³/mol. The van der Waals surface area contributed by atoms with Crippen LogP contribution in [-0.4, -0.2) is 46.0 Å². The summed E-state index contributed by atoms with van der Waals surface area (Å²) in [5.41, 5.74) is -1.96. The Hall–Kier alpha value is -2.36. The van der Waals surface area contributed by atoms with Gasteiger partial charge in [0.05, 0.1) is 30.3 Å². The summed E-state index contributed by atoms with van der Waals surface area (Å²) in [6.45, 7) is 1.67. The average molecular weight is 392 g/mol. The lowest BCUT2D eigenvalue weighted by molar-refractivity contribution is -0.151. The molecule has 26 heavy (non-hydrogen) atoms. The number of ether oxygens (including phenoxy) is 2. The lowest BCUT2D eigenvalue weighted by Crippen LogP contribution is -2.53. The summed E-state index contributed by atoms with van der Waals surface area (Å²) in [5.74, 6) is -4.61. The van der Waals surface area contributed by atoms with Gasteiger partial charge in [-0.25, -0.2) is 13.2 Å². The summed E-state index contributed by atoms with van der Waals surface area (Å²) in [5, 5.41) is -2.29. The molecule has 0 fully saturated rings. The van der Waals surface area contributed by atoms with Gasteiger partial charge >= 0.3 is 18.1 Å². The Kier molecular flexibility index (Phi) is 5.18. The molecule has 0 spiro atoms. The van der Waals surface area contributed by atoms with Crippen molar-refractivity contribution >= 4 is 21.8 Å². The first-order chi connectivity index (χ1) is 12.0. The summed E-state index contributed by atoms with van der Waals surface area (Å²) in [6, 6.07) is 5.11. The third kappa shape index (κ3) is 3.20. The summed E-state index contributed by atoms with van der Waals surface area (Å²) >= 11 is 0. The molecule has 0 N–H and O–H groups in total. The van der Waals surface area contributed by atoms with Crippen LogP contribution >= 0.6 is 0 Å². The molecule has 0 unspecified atom stereocenters. The van der Waals surface area contributed by atoms with Crippen LogP contribution in [0, 0.1) is 12.8 Å². The quantitative estimate of drug-likeness (QED) is 0.729. The molecule has 2 rings (SSSR count). The predicted octanol–water partition coefficient (Wildman–Crippen LogP) is 1.97. The molecular formula is C16H15F3O6S. The van der Waals surface area contributed by atoms with E-state index >= 15 is 0 Å². The molecule has 1 aliphatic carbocycles. The van der Waals surface area contributed by atoms with Crippen LogP contribution < -0.4 is 0 Å². The van der Waals surface area contributed by atoms with Gasteiger partial charge in [0.25, 0.3) is 0 Å². The first-order valence-electron chi connectivity index (χ1n) is 7.24. The maximum Gasteiger partial charge on any atom is 0.414 e. The van der Waals surface area contributed by atoms with Gasteiger partial charge in [0.15, 0.2) is 9.84 Å². The Morgan fingerprint density at radius 3 is 2.00 bits per heavy atom. The van der Waals surface area contributed by atoms with Gasteiger partial charge in [-0.3, -0.25) is 4.79 Å². The van der Waals surface area contributed by atoms with Gasteiger partial charge in [0.2, 0.25) is 0 Å². The van der Waals surface area contributed by atoms with Gasteiger partial charge in [-0.1, -0.05) is 17.7 Å². The number of rotatable bonds is 4. The van der Waals surface area contributed by atoms with Crippen LogP contribution in [0.5, 0.6) is 0 Å². The molecule has 0 amide bonds. The molecule has 2 atom stereocenters. The van der Waals surface area contributed by atoms with Crippen LogP contribution in [0.2, 0.25) is 0 Å². The van der Waals surface area contributed by atoms with Crippen molar-refractivity contribution in [1.29, 1.82) is 0 Å². The first kappa shape index (κ1) is 20.0. The Morgan fingerprint density at radius 1 is 1.04 bits per heavy atom. The standard InChI is InChI=1S/C16H15F3O6S/c1-8-4-6-9(7-5-8)26(22,23)13-11(15(21)25-3)10(14(20)24-2)12(13)16(17,18)19/h4-7,11,13H,1-3H3/t11-,13+/m1/s1. The van der Waals surface area contributed by atoms with E-state index in [1.807, 2.05) is 0 Å². The highest BCUT2D eigenvalue weighted by atomic mass is 32.2. The van der Waals surface area contributed by atoms with Crippen molar-refractivity contribution in [2.24, 2.45) is 5.92 Å². The number of hydrogen-bond acceptors (Lipinski definition) is 6. The Bertz CT molecular complexity index is 868. The number of sulfone groups is 1. The van der Waals surface area contributed by atoms with Crippen LogP contribution in [0.25, 0.3) is 0 Å². The normalized spacial score (nSPS) is 20.4. The van der Waals surface area contributed by atoms with E-state index in [4.69, 9.17) is 0 Å². The van der Waals surface area contributed by atoms with Gasteiger partial charge in [-0.15, -0.1) is 0 Å². The van der Waals surface area contributed by atoms with Crippen molar-refractivity contribution in [2.45, 2.75) is 23.2 Å². The molecule has 6 nitrogen and oxygen atoms in total. The second kappa shape index (κ2) is 6.75. The topological polar surface area (TPSA) is 86.7 Å². The molecular weight excluding hydrogens is 377 g/mol. The minimum Gasteiger partial charge on any atom is -0.469 e. The highest BCUT2D eigenvalue weighted by Crippen LogP contribution is 2.50. The first-order valence-corrected chi connectivity index (χ1v) is 8.79. The van der Waals surface area contributed by atoms with Crippen LogP contribution in [0.4, 0.5) is 13.2 Å². The van der Waals surface area contributed by atoms with Crippen molar-refractivity contribution in [3.63, 3.8) is 0 Å². The van der Waals surface area contributed by atoms with E-state index < -0.39 is 55.2 Å². The van der Waals surface area contributed by atoms with E-state index in [1.165, 1.54) is 12.1 Å². The van der Waals surface area contributed by atoms with E-state index in [9.17, 15) is 31.2 Å². The van der Waals surface area contributed by atoms with Gasteiger partial charge in [0.1, 0.15) is 11.2 Å². The van der Waals surface area contributed by atoms with Gasteiger partial charge < -0.3 is 9.47 Å². The highest BCUT2D eigenvalue weighted by molar-refractivity contribution is 7.92. The van der Waals surface area contributed by atoms with Gasteiger partial charge in [0, 0.05) is 0 Å². The van der Waals surface area contributed by atoms with E-state index in [2.05, 4.69) is 9.47 Å². The minimum absolute atomic E-state index is 0.396. The van der Waals surface area contributed by atoms with Crippen LogP contribution in [0.1, 0.15) is 5.56 Å². The molecule has 0 bridgehead atoms. The number of hydrogen-bond donors (Lipinski definition) is 0. The number of methoxy groups -OCH3 is 2. The molecule has 0 aromatic heterocycles. The molecule has 1 aromatic rings. The third-order valence-electron chi connectivity index (χ3n) is 4.04. The largest absolute Gasteiger partial charge is 0.469 e. The van der Waals surface area contributed by atoms with Gasteiger partial charge in [-0.05, 0) is 19.1 Å². The number of esters is 2. The van der Waals surface area contributed by atoms with E-state index in [-0.39, 0.29) is 0 Å². The zero-order valence-corrected chi connectivity index (χ0v) is 14.8. The summed E-state index contributed by atoms with van der Waals surface area (Å²) in [7, 11) is -2.90. The SMILES string of the molecule is COC(=O)C1=C(C(F)(F)F)[C@@H](S(=O)(=O)c2ccc(C)cc2)[C@@H]1C(=O)OC. The lowest BCUT2D eigenvalue weighted by atomic mass is 9.76. The fourth-order valence-corrected chi connectivity index (χ4v) is 4.77. The number of carbonyl (C=O) groups is 2. The smallest absolute Gasteiger partial charge is 0.414 e. The highest BCUT2D eigenvalue weighted by Gasteiger charge is 2.63. The van der Waals surface area contributed by atoms with Crippen LogP contribution in [0.15, 0.2) is 40.3 Å². The second-order valence-electron chi connectivity index (χ2n) is 5.60. The lowest BCUT2D eigenvalue weighted by Gasteiger charge is -2.38. The molecule has 0 saturated heterocycles. The zero-order chi connectivity index (χ0) is 19.9.